The Bertz CT molecular complexity index is 502. The number of nitrogens with zero attached hydrogens (tertiary/aromatic N) is 2. The van der Waals surface area contributed by atoms with Gasteiger partial charge in [-0.05, 0) is 37.6 Å². The average molecular weight is 232 g/mol. The molecule has 0 N–H and O–H groups in total. The number of hydrogen-bond acceptors (Lipinski definition) is 3. The predicted octanol–water partition coefficient (Wildman–Crippen LogP) is 3.06. The first-order valence-corrected chi connectivity index (χ1v) is 5.36. The van der Waals surface area contributed by atoms with Crippen LogP contribution in [0.5, 0.6) is 5.88 Å². The smallest absolute Gasteiger partial charge is 0.214 e. The predicted molar refractivity (Wildman–Crippen MR) is 62.2 cm³/mol. The van der Waals surface area contributed by atoms with E-state index in [9.17, 15) is 4.39 Å². The van der Waals surface area contributed by atoms with Crippen molar-refractivity contribution in [2.75, 3.05) is 0 Å². The highest BCUT2D eigenvalue weighted by molar-refractivity contribution is 5.19. The Morgan fingerprint density at radius 1 is 1.18 bits per heavy atom. The zero-order valence-corrected chi connectivity index (χ0v) is 9.72. The molecule has 0 fully saturated rings. The molecule has 0 aliphatic rings. The molecule has 2 aromatic rings. The van der Waals surface area contributed by atoms with Gasteiger partial charge in [0.15, 0.2) is 0 Å². The first kappa shape index (κ1) is 11.5. The van der Waals surface area contributed by atoms with Crippen LogP contribution in [0.25, 0.3) is 0 Å². The molecular formula is C13H13FN2O. The van der Waals surface area contributed by atoms with Gasteiger partial charge in [0, 0.05) is 18.5 Å². The quantitative estimate of drug-likeness (QED) is 0.815. The van der Waals surface area contributed by atoms with Gasteiger partial charge in [-0.15, -0.1) is 0 Å². The molecule has 0 saturated heterocycles. The van der Waals surface area contributed by atoms with Crippen molar-refractivity contribution in [1.29, 1.82) is 0 Å². The van der Waals surface area contributed by atoms with E-state index in [0.717, 1.165) is 5.56 Å². The van der Waals surface area contributed by atoms with Gasteiger partial charge in [0.1, 0.15) is 11.9 Å². The van der Waals surface area contributed by atoms with E-state index in [2.05, 4.69) is 9.97 Å². The van der Waals surface area contributed by atoms with Crippen LogP contribution < -0.4 is 4.74 Å². The Kier molecular flexibility index (Phi) is 3.32. The van der Waals surface area contributed by atoms with Gasteiger partial charge in [-0.25, -0.2) is 9.37 Å². The van der Waals surface area contributed by atoms with E-state index in [1.165, 1.54) is 12.1 Å². The van der Waals surface area contributed by atoms with Crippen molar-refractivity contribution in [2.45, 2.75) is 20.0 Å². The van der Waals surface area contributed by atoms with E-state index in [4.69, 9.17) is 4.74 Å². The largest absolute Gasteiger partial charge is 0.470 e. The molecule has 3 nitrogen and oxygen atoms in total. The third-order valence-corrected chi connectivity index (χ3v) is 2.47. The fourth-order valence-electron chi connectivity index (χ4n) is 1.47. The highest BCUT2D eigenvalue weighted by Crippen LogP contribution is 2.20. The van der Waals surface area contributed by atoms with E-state index < -0.39 is 0 Å². The molecular weight excluding hydrogens is 219 g/mol. The summed E-state index contributed by atoms with van der Waals surface area (Å²) >= 11 is 0. The summed E-state index contributed by atoms with van der Waals surface area (Å²) in [5, 5.41) is 0. The van der Waals surface area contributed by atoms with E-state index in [0.29, 0.717) is 11.6 Å². The first-order valence-electron chi connectivity index (χ1n) is 5.36. The Hall–Kier alpha value is -1.97. The van der Waals surface area contributed by atoms with Gasteiger partial charge in [0.2, 0.25) is 5.88 Å². The fourth-order valence-corrected chi connectivity index (χ4v) is 1.47. The van der Waals surface area contributed by atoms with Crippen LogP contribution in [0, 0.1) is 12.7 Å². The van der Waals surface area contributed by atoms with Gasteiger partial charge in [0.25, 0.3) is 0 Å². The SMILES string of the molecule is Cc1nc(OC(C)c2ccncc2)ccc1F. The summed E-state index contributed by atoms with van der Waals surface area (Å²) in [6.07, 6.45) is 3.27. The van der Waals surface area contributed by atoms with Gasteiger partial charge in [0.05, 0.1) is 5.69 Å². The summed E-state index contributed by atoms with van der Waals surface area (Å²) in [6, 6.07) is 6.64. The van der Waals surface area contributed by atoms with E-state index in [1.54, 1.807) is 19.3 Å². The van der Waals surface area contributed by atoms with Gasteiger partial charge >= 0.3 is 0 Å². The van der Waals surface area contributed by atoms with E-state index in [-0.39, 0.29) is 11.9 Å². The lowest BCUT2D eigenvalue weighted by Gasteiger charge is -2.14. The molecule has 0 radical (unpaired) electrons. The molecule has 88 valence electrons. The summed E-state index contributed by atoms with van der Waals surface area (Å²) in [4.78, 5) is 7.97. The monoisotopic (exact) mass is 232 g/mol. The van der Waals surface area contributed by atoms with Gasteiger partial charge in [-0.1, -0.05) is 0 Å². The summed E-state index contributed by atoms with van der Waals surface area (Å²) in [5.74, 6) is 0.0992. The minimum Gasteiger partial charge on any atom is -0.470 e. The zero-order valence-electron chi connectivity index (χ0n) is 9.72. The third kappa shape index (κ3) is 2.78. The number of aryl methyl sites for hydroxylation is 1. The number of pyridine rings is 2. The van der Waals surface area contributed by atoms with Crippen LogP contribution in [0.4, 0.5) is 4.39 Å². The van der Waals surface area contributed by atoms with E-state index in [1.807, 2.05) is 19.1 Å². The molecule has 2 rings (SSSR count). The van der Waals surface area contributed by atoms with Crippen molar-refractivity contribution in [3.63, 3.8) is 0 Å². The minimum absolute atomic E-state index is 0.143. The number of hydrogen-bond donors (Lipinski definition) is 0. The standard InChI is InChI=1S/C13H13FN2O/c1-9-12(14)3-4-13(16-9)17-10(2)11-5-7-15-8-6-11/h3-8,10H,1-2H3. The lowest BCUT2D eigenvalue weighted by atomic mass is 10.2. The molecule has 0 aliphatic carbocycles. The van der Waals surface area contributed by atoms with Crippen LogP contribution in [-0.4, -0.2) is 9.97 Å². The van der Waals surface area contributed by atoms with Crippen molar-refractivity contribution < 1.29 is 9.13 Å². The van der Waals surface area contributed by atoms with Crippen LogP contribution in [0.3, 0.4) is 0 Å². The topological polar surface area (TPSA) is 35.0 Å². The van der Waals surface area contributed by atoms with Crippen molar-refractivity contribution in [3.05, 3.63) is 53.7 Å². The zero-order chi connectivity index (χ0) is 12.3. The maximum atomic E-state index is 13.0. The third-order valence-electron chi connectivity index (χ3n) is 2.47. The van der Waals surface area contributed by atoms with Gasteiger partial charge in [-0.3, -0.25) is 4.98 Å². The normalized spacial score (nSPS) is 12.2. The molecule has 0 bridgehead atoms. The van der Waals surface area contributed by atoms with Crippen molar-refractivity contribution >= 4 is 0 Å². The highest BCUT2D eigenvalue weighted by Gasteiger charge is 2.08. The lowest BCUT2D eigenvalue weighted by Crippen LogP contribution is -2.05. The average Bonchev–Trinajstić information content (AvgIpc) is 2.35. The maximum absolute atomic E-state index is 13.0. The van der Waals surface area contributed by atoms with Gasteiger partial charge in [-0.2, -0.15) is 0 Å². The van der Waals surface area contributed by atoms with E-state index >= 15 is 0 Å². The molecule has 1 unspecified atom stereocenters. The number of halogens is 1. The molecule has 4 heteroatoms. The van der Waals surface area contributed by atoms with Crippen LogP contribution in [-0.2, 0) is 0 Å². The second kappa shape index (κ2) is 4.91. The lowest BCUT2D eigenvalue weighted by molar-refractivity contribution is 0.216. The fraction of sp³-hybridized carbons (Fsp3) is 0.231. The number of ether oxygens (including phenoxy) is 1. The summed E-state index contributed by atoms with van der Waals surface area (Å²) < 4.78 is 18.7. The Morgan fingerprint density at radius 3 is 2.53 bits per heavy atom. The van der Waals surface area contributed by atoms with Crippen LogP contribution in [0.1, 0.15) is 24.3 Å². The number of rotatable bonds is 3. The summed E-state index contributed by atoms with van der Waals surface area (Å²) in [6.45, 7) is 3.52. The molecule has 0 spiro atoms. The molecule has 0 aliphatic heterocycles. The Labute approximate surface area is 99.3 Å². The summed E-state index contributed by atoms with van der Waals surface area (Å²) in [7, 11) is 0. The second-order valence-electron chi connectivity index (χ2n) is 3.76. The summed E-state index contributed by atoms with van der Waals surface area (Å²) in [5.41, 5.74) is 1.34. The highest BCUT2D eigenvalue weighted by atomic mass is 19.1. The van der Waals surface area contributed by atoms with Crippen molar-refractivity contribution in [1.82, 2.24) is 9.97 Å². The molecule has 0 amide bonds. The van der Waals surface area contributed by atoms with Crippen molar-refractivity contribution in [2.24, 2.45) is 0 Å². The van der Waals surface area contributed by atoms with Crippen LogP contribution in [0.2, 0.25) is 0 Å². The molecule has 0 saturated carbocycles. The number of aromatic nitrogens is 2. The minimum atomic E-state index is -0.325. The maximum Gasteiger partial charge on any atom is 0.214 e. The molecule has 0 aromatic carbocycles. The van der Waals surface area contributed by atoms with Crippen LogP contribution >= 0.6 is 0 Å². The Balaban J connectivity index is 2.13. The van der Waals surface area contributed by atoms with Gasteiger partial charge < -0.3 is 4.74 Å². The second-order valence-corrected chi connectivity index (χ2v) is 3.76. The molecule has 2 aromatic heterocycles. The van der Waals surface area contributed by atoms with Crippen LogP contribution in [0.15, 0.2) is 36.7 Å². The first-order chi connectivity index (χ1) is 8.16. The molecule has 1 atom stereocenters. The molecule has 17 heavy (non-hydrogen) atoms. The van der Waals surface area contributed by atoms with Crippen molar-refractivity contribution in [3.8, 4) is 5.88 Å². The molecule has 2 heterocycles. The Morgan fingerprint density at radius 2 is 1.88 bits per heavy atom.